The third kappa shape index (κ3) is 6.28. The topological polar surface area (TPSA) is 63.5 Å². The van der Waals surface area contributed by atoms with E-state index in [1.165, 1.54) is 12.1 Å². The van der Waals surface area contributed by atoms with Crippen molar-refractivity contribution in [2.45, 2.75) is 26.0 Å². The Hall–Kier alpha value is -2.57. The second kappa shape index (κ2) is 9.54. The van der Waals surface area contributed by atoms with E-state index in [2.05, 4.69) is 20.6 Å². The van der Waals surface area contributed by atoms with E-state index in [1.54, 1.807) is 31.7 Å². The molecule has 0 bridgehead atoms. The van der Waals surface area contributed by atoms with Gasteiger partial charge in [-0.25, -0.2) is 9.37 Å². The number of hydrogen-bond donors (Lipinski definition) is 2. The van der Waals surface area contributed by atoms with Gasteiger partial charge in [0.25, 0.3) is 0 Å². The van der Waals surface area contributed by atoms with Crippen LogP contribution in [0.1, 0.15) is 13.3 Å². The van der Waals surface area contributed by atoms with Gasteiger partial charge in [-0.1, -0.05) is 6.07 Å². The van der Waals surface area contributed by atoms with Crippen LogP contribution in [-0.4, -0.2) is 41.8 Å². The summed E-state index contributed by atoms with van der Waals surface area (Å²) in [5.74, 6) is 0.936. The number of hydrogen-bond acceptors (Lipinski definition) is 3. The second-order valence-corrected chi connectivity index (χ2v) is 5.42. The lowest BCUT2D eigenvalue weighted by molar-refractivity contribution is 0.223. The van der Waals surface area contributed by atoms with Crippen LogP contribution in [0, 0.1) is 5.82 Å². The maximum atomic E-state index is 13.1. The van der Waals surface area contributed by atoms with Crippen molar-refractivity contribution >= 4 is 5.96 Å². The van der Waals surface area contributed by atoms with Crippen LogP contribution in [0.2, 0.25) is 0 Å². The Morgan fingerprint density at radius 3 is 3.00 bits per heavy atom. The highest BCUT2D eigenvalue weighted by Crippen LogP contribution is 2.13. The molecule has 0 amide bonds. The molecule has 0 radical (unpaired) electrons. The van der Waals surface area contributed by atoms with Crippen LogP contribution in [0.3, 0.4) is 0 Å². The van der Waals surface area contributed by atoms with Crippen LogP contribution in [0.4, 0.5) is 4.39 Å². The van der Waals surface area contributed by atoms with Crippen LogP contribution in [0.5, 0.6) is 5.75 Å². The third-order valence-electron chi connectivity index (χ3n) is 3.36. The summed E-state index contributed by atoms with van der Waals surface area (Å²) < 4.78 is 20.8. The molecule has 24 heavy (non-hydrogen) atoms. The molecule has 0 saturated carbocycles. The van der Waals surface area contributed by atoms with Crippen LogP contribution in [0.15, 0.2) is 48.0 Å². The van der Waals surface area contributed by atoms with Crippen molar-refractivity contribution in [3.05, 3.63) is 48.8 Å². The van der Waals surface area contributed by atoms with E-state index >= 15 is 0 Å². The molecule has 0 aliphatic rings. The smallest absolute Gasteiger partial charge is 0.191 e. The summed E-state index contributed by atoms with van der Waals surface area (Å²) in [4.78, 5) is 8.19. The van der Waals surface area contributed by atoms with Crippen molar-refractivity contribution in [3.8, 4) is 5.75 Å². The largest absolute Gasteiger partial charge is 0.489 e. The average molecular weight is 333 g/mol. The van der Waals surface area contributed by atoms with Crippen LogP contribution >= 0.6 is 0 Å². The number of aliphatic imine (C=N–C) groups is 1. The summed E-state index contributed by atoms with van der Waals surface area (Å²) in [6.45, 7) is 4.20. The maximum absolute atomic E-state index is 13.1. The van der Waals surface area contributed by atoms with E-state index in [0.29, 0.717) is 12.3 Å². The molecule has 0 aliphatic carbocycles. The van der Waals surface area contributed by atoms with Crippen molar-refractivity contribution in [2.75, 3.05) is 20.1 Å². The second-order valence-electron chi connectivity index (χ2n) is 5.42. The van der Waals surface area contributed by atoms with E-state index in [9.17, 15) is 4.39 Å². The first-order valence-corrected chi connectivity index (χ1v) is 8.00. The fourth-order valence-corrected chi connectivity index (χ4v) is 2.16. The van der Waals surface area contributed by atoms with Crippen LogP contribution in [-0.2, 0) is 6.54 Å². The lowest BCUT2D eigenvalue weighted by atomic mass is 10.3. The molecule has 1 aromatic heterocycles. The number of benzene rings is 1. The summed E-state index contributed by atoms with van der Waals surface area (Å²) in [6.07, 6.45) is 6.37. The van der Waals surface area contributed by atoms with E-state index in [0.717, 1.165) is 25.5 Å². The molecular weight excluding hydrogens is 309 g/mol. The number of aryl methyl sites for hydroxylation is 1. The summed E-state index contributed by atoms with van der Waals surface area (Å²) in [7, 11) is 1.73. The number of imidazole rings is 1. The molecule has 0 fully saturated rings. The number of halogens is 1. The number of guanidine groups is 1. The molecular formula is C17H24FN5O. The van der Waals surface area contributed by atoms with Gasteiger partial charge in [0.2, 0.25) is 0 Å². The summed E-state index contributed by atoms with van der Waals surface area (Å²) in [5, 5.41) is 6.45. The highest BCUT2D eigenvalue weighted by molar-refractivity contribution is 5.79. The molecule has 130 valence electrons. The fraction of sp³-hybridized carbons (Fsp3) is 0.412. The number of nitrogens with zero attached hydrogens (tertiary/aromatic N) is 3. The third-order valence-corrected chi connectivity index (χ3v) is 3.36. The van der Waals surface area contributed by atoms with Crippen molar-refractivity contribution in [1.29, 1.82) is 0 Å². The number of ether oxygens (including phenoxy) is 1. The number of aromatic nitrogens is 2. The van der Waals surface area contributed by atoms with Crippen molar-refractivity contribution < 1.29 is 9.13 Å². The Balaban J connectivity index is 1.65. The molecule has 1 unspecified atom stereocenters. The van der Waals surface area contributed by atoms with E-state index < -0.39 is 0 Å². The summed E-state index contributed by atoms with van der Waals surface area (Å²) in [5.41, 5.74) is 0. The molecule has 0 spiro atoms. The summed E-state index contributed by atoms with van der Waals surface area (Å²) >= 11 is 0. The van der Waals surface area contributed by atoms with Gasteiger partial charge in [-0.2, -0.15) is 0 Å². The molecule has 2 rings (SSSR count). The molecule has 2 aromatic rings. The molecule has 1 aromatic carbocycles. The SMILES string of the molecule is CN=C(NCCCn1ccnc1)NCC(C)Oc1cccc(F)c1. The van der Waals surface area contributed by atoms with Crippen molar-refractivity contribution in [1.82, 2.24) is 20.2 Å². The van der Waals surface area contributed by atoms with Crippen LogP contribution < -0.4 is 15.4 Å². The van der Waals surface area contributed by atoms with Crippen LogP contribution in [0.25, 0.3) is 0 Å². The van der Waals surface area contributed by atoms with Gasteiger partial charge < -0.3 is 19.9 Å². The quantitative estimate of drug-likeness (QED) is 0.441. The predicted molar refractivity (Wildman–Crippen MR) is 92.7 cm³/mol. The minimum Gasteiger partial charge on any atom is -0.489 e. The van der Waals surface area contributed by atoms with Gasteiger partial charge in [-0.05, 0) is 25.5 Å². The Kier molecular flexibility index (Phi) is 7.07. The Bertz CT molecular complexity index is 630. The standard InChI is InChI=1S/C17H24FN5O/c1-14(24-16-6-3-5-15(18)11-16)12-22-17(19-2)21-7-4-9-23-10-8-20-13-23/h3,5-6,8,10-11,13-14H,4,7,9,12H2,1-2H3,(H2,19,21,22). The first kappa shape index (κ1) is 17.8. The van der Waals surface area contributed by atoms with Crippen molar-refractivity contribution in [2.24, 2.45) is 4.99 Å². The highest BCUT2D eigenvalue weighted by Gasteiger charge is 2.06. The molecule has 6 nitrogen and oxygen atoms in total. The maximum Gasteiger partial charge on any atom is 0.191 e. The lowest BCUT2D eigenvalue weighted by Crippen LogP contribution is -2.42. The zero-order valence-electron chi connectivity index (χ0n) is 14.1. The molecule has 0 saturated heterocycles. The van der Waals surface area contributed by atoms with Gasteiger partial charge in [0.05, 0.1) is 12.9 Å². The first-order valence-electron chi connectivity index (χ1n) is 8.00. The Morgan fingerprint density at radius 1 is 1.42 bits per heavy atom. The monoisotopic (exact) mass is 333 g/mol. The molecule has 1 heterocycles. The minimum absolute atomic E-state index is 0.115. The zero-order valence-corrected chi connectivity index (χ0v) is 14.1. The van der Waals surface area contributed by atoms with E-state index in [4.69, 9.17) is 4.74 Å². The molecule has 1 atom stereocenters. The van der Waals surface area contributed by atoms with Gasteiger partial charge >= 0.3 is 0 Å². The predicted octanol–water partition coefficient (Wildman–Crippen LogP) is 2.04. The molecule has 2 N–H and O–H groups in total. The average Bonchev–Trinajstić information content (AvgIpc) is 3.07. The summed E-state index contributed by atoms with van der Waals surface area (Å²) in [6, 6.07) is 6.14. The molecule has 0 aliphatic heterocycles. The Labute approximate surface area is 141 Å². The van der Waals surface area contributed by atoms with E-state index in [1.807, 2.05) is 17.7 Å². The first-order chi connectivity index (χ1) is 11.7. The minimum atomic E-state index is -0.303. The van der Waals surface area contributed by atoms with Gasteiger partial charge in [0, 0.05) is 38.6 Å². The highest BCUT2D eigenvalue weighted by atomic mass is 19.1. The Morgan fingerprint density at radius 2 is 2.29 bits per heavy atom. The van der Waals surface area contributed by atoms with Gasteiger partial charge in [0.15, 0.2) is 5.96 Å². The zero-order chi connectivity index (χ0) is 17.2. The molecule has 7 heteroatoms. The fourth-order valence-electron chi connectivity index (χ4n) is 2.16. The van der Waals surface area contributed by atoms with E-state index in [-0.39, 0.29) is 11.9 Å². The lowest BCUT2D eigenvalue weighted by Gasteiger charge is -2.17. The van der Waals surface area contributed by atoms with Gasteiger partial charge in [0.1, 0.15) is 17.7 Å². The normalized spacial score (nSPS) is 12.7. The van der Waals surface area contributed by atoms with Crippen molar-refractivity contribution in [3.63, 3.8) is 0 Å². The number of rotatable bonds is 8. The number of nitrogens with one attached hydrogen (secondary N) is 2. The van der Waals surface area contributed by atoms with Gasteiger partial charge in [-0.15, -0.1) is 0 Å². The van der Waals surface area contributed by atoms with Gasteiger partial charge in [-0.3, -0.25) is 4.99 Å².